The van der Waals surface area contributed by atoms with Crippen molar-refractivity contribution in [3.8, 4) is 0 Å². The summed E-state index contributed by atoms with van der Waals surface area (Å²) in [6, 6.07) is 0. The van der Waals surface area contributed by atoms with Crippen LogP contribution in [0.2, 0.25) is 0 Å². The summed E-state index contributed by atoms with van der Waals surface area (Å²) in [6.07, 6.45) is 2.02. The highest BCUT2D eigenvalue weighted by Gasteiger charge is 2.65. The molecule has 2 fully saturated rings. The lowest BCUT2D eigenvalue weighted by atomic mass is 9.70. The maximum atomic E-state index is 12.5. The number of Topliss-reactive ketones (excluding diaryl/α,β-unsaturated/α-hetero) is 1. The van der Waals surface area contributed by atoms with Crippen molar-refractivity contribution >= 4 is 28.8 Å². The van der Waals surface area contributed by atoms with Gasteiger partial charge in [-0.3, -0.25) is 10.2 Å². The molecule has 0 spiro atoms. The fourth-order valence-corrected chi connectivity index (χ4v) is 3.21. The molecule has 2 rings (SSSR count). The van der Waals surface area contributed by atoms with Crippen LogP contribution < -0.4 is 5.43 Å². The van der Waals surface area contributed by atoms with E-state index in [1.165, 1.54) is 0 Å². The summed E-state index contributed by atoms with van der Waals surface area (Å²) in [5.74, 6) is 0.449. The van der Waals surface area contributed by atoms with E-state index in [1.54, 1.807) is 4.90 Å². The number of nitrogens with zero attached hydrogens (tertiary/aromatic N) is 2. The van der Waals surface area contributed by atoms with Gasteiger partial charge in [-0.15, -0.1) is 0 Å². The molecule has 5 heteroatoms. The van der Waals surface area contributed by atoms with Crippen molar-refractivity contribution in [1.29, 1.82) is 0 Å². The molecule has 2 bridgehead atoms. The number of hydrogen-bond acceptors (Lipinski definition) is 3. The fourth-order valence-electron chi connectivity index (χ4n) is 3.16. The number of nitrogens with one attached hydrogen (secondary N) is 1. The van der Waals surface area contributed by atoms with Gasteiger partial charge in [-0.25, -0.2) is 0 Å². The van der Waals surface area contributed by atoms with Crippen LogP contribution in [-0.4, -0.2) is 35.6 Å². The third-order valence-electron chi connectivity index (χ3n) is 4.97. The molecule has 0 saturated heterocycles. The molecule has 2 saturated carbocycles. The number of fused-ring (bicyclic) bond motifs is 2. The summed E-state index contributed by atoms with van der Waals surface area (Å²) in [6.45, 7) is 6.42. The van der Waals surface area contributed by atoms with E-state index in [0.29, 0.717) is 10.8 Å². The SMILES string of the molecule is CN(C)C(=S)NN=C1C(=O)C2(C)CCC1C2(C)C. The Balaban J connectivity index is 2.25. The van der Waals surface area contributed by atoms with Crippen molar-refractivity contribution in [1.82, 2.24) is 10.3 Å². The maximum absolute atomic E-state index is 12.5. The molecular weight excluding hydrogens is 246 g/mol. The molecule has 2 aliphatic rings. The van der Waals surface area contributed by atoms with E-state index in [0.717, 1.165) is 12.8 Å². The topological polar surface area (TPSA) is 44.7 Å². The maximum Gasteiger partial charge on any atom is 0.189 e. The van der Waals surface area contributed by atoms with E-state index >= 15 is 0 Å². The van der Waals surface area contributed by atoms with Crippen LogP contribution in [0.1, 0.15) is 33.6 Å². The van der Waals surface area contributed by atoms with Crippen LogP contribution >= 0.6 is 12.2 Å². The summed E-state index contributed by atoms with van der Waals surface area (Å²) < 4.78 is 0. The highest BCUT2D eigenvalue weighted by Crippen LogP contribution is 2.62. The van der Waals surface area contributed by atoms with Crippen molar-refractivity contribution in [3.05, 3.63) is 0 Å². The van der Waals surface area contributed by atoms with Crippen LogP contribution in [0.25, 0.3) is 0 Å². The van der Waals surface area contributed by atoms with E-state index in [-0.39, 0.29) is 22.5 Å². The fraction of sp³-hybridized carbons (Fsp3) is 0.769. The number of ketones is 1. The van der Waals surface area contributed by atoms with E-state index in [4.69, 9.17) is 12.2 Å². The number of carbonyl (C=O) groups is 1. The Labute approximate surface area is 114 Å². The number of carbonyl (C=O) groups excluding carboxylic acids is 1. The molecule has 0 aromatic rings. The van der Waals surface area contributed by atoms with Crippen molar-refractivity contribution in [2.75, 3.05) is 14.1 Å². The number of hydrogen-bond donors (Lipinski definition) is 1. The van der Waals surface area contributed by atoms with Gasteiger partial charge in [-0.2, -0.15) is 5.10 Å². The van der Waals surface area contributed by atoms with Crippen molar-refractivity contribution < 1.29 is 4.79 Å². The first kappa shape index (κ1) is 13.5. The lowest BCUT2D eigenvalue weighted by Gasteiger charge is -2.31. The second-order valence-electron chi connectivity index (χ2n) is 6.28. The molecule has 1 N–H and O–H groups in total. The summed E-state index contributed by atoms with van der Waals surface area (Å²) in [5.41, 5.74) is 3.25. The summed E-state index contributed by atoms with van der Waals surface area (Å²) in [4.78, 5) is 14.2. The lowest BCUT2D eigenvalue weighted by molar-refractivity contribution is -0.123. The minimum atomic E-state index is -0.252. The van der Waals surface area contributed by atoms with Gasteiger partial charge in [0.1, 0.15) is 5.71 Å². The molecule has 0 radical (unpaired) electrons. The quantitative estimate of drug-likeness (QED) is 0.581. The highest BCUT2D eigenvalue weighted by atomic mass is 32.1. The summed E-state index contributed by atoms with van der Waals surface area (Å²) >= 11 is 5.12. The molecule has 0 aromatic carbocycles. The largest absolute Gasteiger partial charge is 0.354 e. The normalized spacial score (nSPS) is 35.1. The molecular formula is C13H21N3OS. The first-order chi connectivity index (χ1) is 8.22. The van der Waals surface area contributed by atoms with Gasteiger partial charge in [0.2, 0.25) is 0 Å². The monoisotopic (exact) mass is 267 g/mol. The third kappa shape index (κ3) is 1.60. The summed E-state index contributed by atoms with van der Waals surface area (Å²) in [7, 11) is 3.70. The van der Waals surface area contributed by atoms with E-state index in [1.807, 2.05) is 14.1 Å². The van der Waals surface area contributed by atoms with Crippen LogP contribution in [0.15, 0.2) is 5.10 Å². The zero-order valence-electron chi connectivity index (χ0n) is 11.7. The Morgan fingerprint density at radius 2 is 2.06 bits per heavy atom. The molecule has 2 unspecified atom stereocenters. The first-order valence-electron chi connectivity index (χ1n) is 6.31. The Morgan fingerprint density at radius 3 is 2.50 bits per heavy atom. The van der Waals surface area contributed by atoms with Gasteiger partial charge in [-0.1, -0.05) is 20.8 Å². The second kappa shape index (κ2) is 4.02. The average Bonchev–Trinajstić information content (AvgIpc) is 2.58. The molecule has 2 aliphatic carbocycles. The first-order valence-corrected chi connectivity index (χ1v) is 6.72. The van der Waals surface area contributed by atoms with Crippen LogP contribution in [0, 0.1) is 16.7 Å². The molecule has 4 nitrogen and oxygen atoms in total. The third-order valence-corrected chi connectivity index (χ3v) is 5.42. The van der Waals surface area contributed by atoms with Crippen molar-refractivity contribution in [2.45, 2.75) is 33.6 Å². The Bertz CT molecular complexity index is 442. The van der Waals surface area contributed by atoms with Gasteiger partial charge in [0.25, 0.3) is 0 Å². The minimum absolute atomic E-state index is 0.00430. The highest BCUT2D eigenvalue weighted by molar-refractivity contribution is 7.80. The molecule has 0 aromatic heterocycles. The molecule has 18 heavy (non-hydrogen) atoms. The number of rotatable bonds is 1. The van der Waals surface area contributed by atoms with E-state index in [2.05, 4.69) is 31.3 Å². The van der Waals surface area contributed by atoms with Crippen LogP contribution in [0.5, 0.6) is 0 Å². The predicted molar refractivity (Wildman–Crippen MR) is 76.5 cm³/mol. The molecule has 100 valence electrons. The van der Waals surface area contributed by atoms with Crippen molar-refractivity contribution in [2.24, 2.45) is 21.8 Å². The Kier molecular flexibility index (Phi) is 3.00. The van der Waals surface area contributed by atoms with Crippen LogP contribution in [0.4, 0.5) is 0 Å². The zero-order chi connectivity index (χ0) is 13.7. The average molecular weight is 267 g/mol. The molecule has 0 heterocycles. The zero-order valence-corrected chi connectivity index (χ0v) is 12.5. The molecule has 2 atom stereocenters. The van der Waals surface area contributed by atoms with Gasteiger partial charge < -0.3 is 4.90 Å². The van der Waals surface area contributed by atoms with Gasteiger partial charge >= 0.3 is 0 Å². The smallest absolute Gasteiger partial charge is 0.189 e. The minimum Gasteiger partial charge on any atom is -0.354 e. The molecule has 0 amide bonds. The second-order valence-corrected chi connectivity index (χ2v) is 6.67. The van der Waals surface area contributed by atoms with Gasteiger partial charge in [0.05, 0.1) is 0 Å². The van der Waals surface area contributed by atoms with Gasteiger partial charge in [0.15, 0.2) is 10.9 Å². The standard InChI is InChI=1S/C13H21N3OS/c1-12(2)8-6-7-13(12,3)10(17)9(8)14-15-11(18)16(4)5/h8H,6-7H2,1-5H3,(H,15,18). The number of thiocarbonyl (C=S) groups is 1. The Morgan fingerprint density at radius 1 is 1.44 bits per heavy atom. The molecule has 0 aliphatic heterocycles. The van der Waals surface area contributed by atoms with Gasteiger partial charge in [0, 0.05) is 25.4 Å². The van der Waals surface area contributed by atoms with Crippen molar-refractivity contribution in [3.63, 3.8) is 0 Å². The summed E-state index contributed by atoms with van der Waals surface area (Å²) in [5, 5.41) is 4.81. The Hall–Kier alpha value is -0.970. The lowest BCUT2D eigenvalue weighted by Crippen LogP contribution is -2.35. The van der Waals surface area contributed by atoms with Gasteiger partial charge in [-0.05, 0) is 30.5 Å². The number of hydrazone groups is 1. The van der Waals surface area contributed by atoms with Crippen LogP contribution in [-0.2, 0) is 4.79 Å². The van der Waals surface area contributed by atoms with E-state index < -0.39 is 0 Å². The van der Waals surface area contributed by atoms with E-state index in [9.17, 15) is 4.79 Å². The van der Waals surface area contributed by atoms with Crippen LogP contribution in [0.3, 0.4) is 0 Å². The predicted octanol–water partition coefficient (Wildman–Crippen LogP) is 1.80.